The zero-order valence-electron chi connectivity index (χ0n) is 12.7. The van der Waals surface area contributed by atoms with Gasteiger partial charge in [-0.15, -0.1) is 0 Å². The van der Waals surface area contributed by atoms with Crippen molar-refractivity contribution in [3.63, 3.8) is 0 Å². The predicted octanol–water partition coefficient (Wildman–Crippen LogP) is -0.399. The van der Waals surface area contributed by atoms with Gasteiger partial charge in [0.25, 0.3) is 5.91 Å². The SMILES string of the molecule is COC(=O)NC(=O)C[NH+](C)Cc1ccc(OC)cc1OC. The van der Waals surface area contributed by atoms with Crippen LogP contribution < -0.4 is 19.7 Å². The first kappa shape index (κ1) is 16.8. The average molecular weight is 297 g/mol. The highest BCUT2D eigenvalue weighted by molar-refractivity contribution is 5.92. The van der Waals surface area contributed by atoms with E-state index in [4.69, 9.17) is 9.47 Å². The van der Waals surface area contributed by atoms with Crippen LogP contribution in [-0.4, -0.2) is 46.9 Å². The number of hydrogen-bond donors (Lipinski definition) is 2. The molecule has 0 fully saturated rings. The fourth-order valence-electron chi connectivity index (χ4n) is 1.87. The summed E-state index contributed by atoms with van der Waals surface area (Å²) in [6.45, 7) is 0.714. The molecule has 1 rings (SSSR count). The maximum absolute atomic E-state index is 11.6. The van der Waals surface area contributed by atoms with E-state index < -0.39 is 12.0 Å². The minimum absolute atomic E-state index is 0.143. The second kappa shape index (κ2) is 8.11. The molecule has 0 bridgehead atoms. The van der Waals surface area contributed by atoms with Crippen LogP contribution in [0.15, 0.2) is 18.2 Å². The Bertz CT molecular complexity index is 504. The van der Waals surface area contributed by atoms with Crippen molar-refractivity contribution in [2.45, 2.75) is 6.54 Å². The molecule has 0 aliphatic heterocycles. The van der Waals surface area contributed by atoms with Gasteiger partial charge in [0, 0.05) is 11.6 Å². The van der Waals surface area contributed by atoms with Gasteiger partial charge in [0.2, 0.25) is 0 Å². The Morgan fingerprint density at radius 2 is 1.90 bits per heavy atom. The number of nitrogens with one attached hydrogen (secondary N) is 2. The molecule has 1 aromatic rings. The van der Waals surface area contributed by atoms with E-state index in [1.807, 2.05) is 19.2 Å². The Balaban J connectivity index is 2.64. The third kappa shape index (κ3) is 5.31. The first-order valence-electron chi connectivity index (χ1n) is 6.40. The van der Waals surface area contributed by atoms with Crippen molar-refractivity contribution in [2.75, 3.05) is 34.9 Å². The third-order valence-electron chi connectivity index (χ3n) is 2.88. The van der Waals surface area contributed by atoms with Gasteiger partial charge in [-0.3, -0.25) is 10.1 Å². The fraction of sp³-hybridized carbons (Fsp3) is 0.429. The number of likely N-dealkylation sites (N-methyl/N-ethyl adjacent to an activating group) is 1. The highest BCUT2D eigenvalue weighted by Crippen LogP contribution is 2.23. The van der Waals surface area contributed by atoms with E-state index >= 15 is 0 Å². The lowest BCUT2D eigenvalue weighted by Gasteiger charge is -2.16. The average Bonchev–Trinajstić information content (AvgIpc) is 2.47. The molecule has 2 amide bonds. The van der Waals surface area contributed by atoms with Crippen molar-refractivity contribution >= 4 is 12.0 Å². The van der Waals surface area contributed by atoms with Crippen LogP contribution in [-0.2, 0) is 16.1 Å². The van der Waals surface area contributed by atoms with E-state index in [2.05, 4.69) is 10.1 Å². The number of quaternary nitrogens is 1. The number of amides is 2. The number of alkyl carbamates (subject to hydrolysis) is 1. The lowest BCUT2D eigenvalue weighted by molar-refractivity contribution is -0.885. The number of hydrogen-bond acceptors (Lipinski definition) is 5. The van der Waals surface area contributed by atoms with Gasteiger partial charge in [0.15, 0.2) is 6.54 Å². The molecule has 1 atom stereocenters. The Morgan fingerprint density at radius 1 is 1.19 bits per heavy atom. The zero-order valence-corrected chi connectivity index (χ0v) is 12.7. The zero-order chi connectivity index (χ0) is 15.8. The summed E-state index contributed by atoms with van der Waals surface area (Å²) in [4.78, 5) is 23.4. The summed E-state index contributed by atoms with van der Waals surface area (Å²) in [7, 11) is 6.22. The van der Waals surface area contributed by atoms with Crippen molar-refractivity contribution in [3.05, 3.63) is 23.8 Å². The second-order valence-corrected chi connectivity index (χ2v) is 4.53. The van der Waals surface area contributed by atoms with Gasteiger partial charge in [-0.25, -0.2) is 4.79 Å². The minimum atomic E-state index is -0.755. The number of rotatable bonds is 6. The number of benzene rings is 1. The number of ether oxygens (including phenoxy) is 3. The third-order valence-corrected chi connectivity index (χ3v) is 2.88. The van der Waals surface area contributed by atoms with Gasteiger partial charge in [-0.1, -0.05) is 0 Å². The van der Waals surface area contributed by atoms with E-state index in [1.165, 1.54) is 7.11 Å². The van der Waals surface area contributed by atoms with Gasteiger partial charge in [-0.05, 0) is 12.1 Å². The van der Waals surface area contributed by atoms with Crippen molar-refractivity contribution in [1.29, 1.82) is 0 Å². The van der Waals surface area contributed by atoms with Crippen LogP contribution in [0.5, 0.6) is 11.5 Å². The first-order chi connectivity index (χ1) is 9.99. The molecule has 7 heteroatoms. The molecule has 0 saturated heterocycles. The number of imide groups is 1. The Hall–Kier alpha value is -2.28. The summed E-state index contributed by atoms with van der Waals surface area (Å²) in [5.74, 6) is 1.01. The summed E-state index contributed by atoms with van der Waals surface area (Å²) < 4.78 is 14.8. The van der Waals surface area contributed by atoms with E-state index in [1.54, 1.807) is 20.3 Å². The molecule has 7 nitrogen and oxygen atoms in total. The van der Waals surface area contributed by atoms with Gasteiger partial charge < -0.3 is 19.1 Å². The molecule has 21 heavy (non-hydrogen) atoms. The molecular weight excluding hydrogens is 276 g/mol. The molecule has 116 valence electrons. The van der Waals surface area contributed by atoms with Gasteiger partial charge in [-0.2, -0.15) is 0 Å². The molecule has 2 N–H and O–H groups in total. The normalized spacial score (nSPS) is 11.4. The molecule has 0 aromatic heterocycles. The lowest BCUT2D eigenvalue weighted by atomic mass is 10.2. The van der Waals surface area contributed by atoms with Crippen molar-refractivity contribution in [2.24, 2.45) is 0 Å². The molecule has 0 radical (unpaired) electrons. The van der Waals surface area contributed by atoms with E-state index in [-0.39, 0.29) is 6.54 Å². The van der Waals surface area contributed by atoms with E-state index in [0.29, 0.717) is 18.0 Å². The van der Waals surface area contributed by atoms with E-state index in [0.717, 1.165) is 10.5 Å². The van der Waals surface area contributed by atoms with Crippen LogP contribution in [0.2, 0.25) is 0 Å². The Labute approximate surface area is 123 Å². The van der Waals surface area contributed by atoms with E-state index in [9.17, 15) is 9.59 Å². The Morgan fingerprint density at radius 3 is 2.48 bits per heavy atom. The van der Waals surface area contributed by atoms with Crippen LogP contribution in [0.1, 0.15) is 5.56 Å². The molecule has 0 heterocycles. The standard InChI is InChI=1S/C14H20N2O5/c1-16(9-13(17)15-14(18)21-4)8-10-5-6-11(19-2)7-12(10)20-3/h5-7H,8-9H2,1-4H3,(H,15,17,18)/p+1. The maximum Gasteiger partial charge on any atom is 0.413 e. The van der Waals surface area contributed by atoms with Gasteiger partial charge in [0.1, 0.15) is 18.0 Å². The van der Waals surface area contributed by atoms with Crippen LogP contribution in [0.4, 0.5) is 4.79 Å². The topological polar surface area (TPSA) is 78.3 Å². The summed E-state index contributed by atoms with van der Waals surface area (Å²) in [5, 5.41) is 2.12. The van der Waals surface area contributed by atoms with Crippen LogP contribution in [0.25, 0.3) is 0 Å². The fourth-order valence-corrected chi connectivity index (χ4v) is 1.87. The van der Waals surface area contributed by atoms with Crippen molar-refractivity contribution in [1.82, 2.24) is 5.32 Å². The number of carbonyl (C=O) groups is 2. The summed E-state index contributed by atoms with van der Waals surface area (Å²) in [5.41, 5.74) is 0.946. The predicted molar refractivity (Wildman–Crippen MR) is 75.6 cm³/mol. The summed E-state index contributed by atoms with van der Waals surface area (Å²) in [6.07, 6.45) is -0.755. The number of methoxy groups -OCH3 is 3. The maximum atomic E-state index is 11.6. The number of carbonyl (C=O) groups excluding carboxylic acids is 2. The molecule has 0 aliphatic carbocycles. The first-order valence-corrected chi connectivity index (χ1v) is 6.40. The molecular formula is C14H21N2O5+. The highest BCUT2D eigenvalue weighted by Gasteiger charge is 2.15. The second-order valence-electron chi connectivity index (χ2n) is 4.53. The monoisotopic (exact) mass is 297 g/mol. The molecule has 1 aromatic carbocycles. The quantitative estimate of drug-likeness (QED) is 0.747. The summed E-state index contributed by atoms with van der Waals surface area (Å²) >= 11 is 0. The van der Waals surface area contributed by atoms with Gasteiger partial charge in [0.05, 0.1) is 28.4 Å². The highest BCUT2D eigenvalue weighted by atomic mass is 16.5. The smallest absolute Gasteiger partial charge is 0.413 e. The molecule has 0 aliphatic rings. The van der Waals surface area contributed by atoms with Crippen LogP contribution >= 0.6 is 0 Å². The van der Waals surface area contributed by atoms with Crippen LogP contribution in [0, 0.1) is 0 Å². The molecule has 1 unspecified atom stereocenters. The molecule has 0 spiro atoms. The summed E-state index contributed by atoms with van der Waals surface area (Å²) in [6, 6.07) is 5.51. The van der Waals surface area contributed by atoms with Gasteiger partial charge >= 0.3 is 6.09 Å². The van der Waals surface area contributed by atoms with Crippen molar-refractivity contribution < 1.29 is 28.7 Å². The molecule has 0 saturated carbocycles. The minimum Gasteiger partial charge on any atom is -0.497 e. The Kier molecular flexibility index (Phi) is 6.48. The lowest BCUT2D eigenvalue weighted by Crippen LogP contribution is -3.08. The van der Waals surface area contributed by atoms with Crippen LogP contribution in [0.3, 0.4) is 0 Å². The largest absolute Gasteiger partial charge is 0.497 e. The van der Waals surface area contributed by atoms with Crippen molar-refractivity contribution in [3.8, 4) is 11.5 Å².